The Hall–Kier alpha value is -2.37. The number of nitrogens with two attached hydrogens (primary N) is 1. The van der Waals surface area contributed by atoms with E-state index in [2.05, 4.69) is 5.32 Å². The number of carbonyl (C=O) groups is 3. The number of rotatable bonds is 3. The van der Waals surface area contributed by atoms with Crippen LogP contribution in [-0.2, 0) is 14.4 Å². The van der Waals surface area contributed by atoms with E-state index in [1.165, 1.54) is 11.8 Å². The fourth-order valence-electron chi connectivity index (χ4n) is 2.08. The molecule has 0 bridgehead atoms. The number of primary amides is 1. The van der Waals surface area contributed by atoms with E-state index in [4.69, 9.17) is 5.73 Å². The van der Waals surface area contributed by atoms with Gasteiger partial charge in [0.15, 0.2) is 0 Å². The number of anilines is 2. The molecule has 1 aromatic carbocycles. The molecule has 1 heterocycles. The third-order valence-corrected chi connectivity index (χ3v) is 3.03. The maximum Gasteiger partial charge on any atom is 0.227 e. The van der Waals surface area contributed by atoms with E-state index in [9.17, 15) is 14.4 Å². The van der Waals surface area contributed by atoms with E-state index >= 15 is 0 Å². The number of amides is 3. The van der Waals surface area contributed by atoms with Gasteiger partial charge in [-0.15, -0.1) is 0 Å². The standard InChI is InChI=1S/C13H15N3O3/c1-8(17)15-10-2-4-11(5-3-10)16-7-9(13(14)19)6-12(16)18/h2-5,9H,6-7H2,1H3,(H2,14,19)(H,15,17)/t9-/m1/s1. The summed E-state index contributed by atoms with van der Waals surface area (Å²) in [6.45, 7) is 1.74. The molecule has 1 atom stereocenters. The Morgan fingerprint density at radius 1 is 1.32 bits per heavy atom. The van der Waals surface area contributed by atoms with Crippen LogP contribution in [0.15, 0.2) is 24.3 Å². The summed E-state index contributed by atoms with van der Waals surface area (Å²) in [4.78, 5) is 35.3. The van der Waals surface area contributed by atoms with Gasteiger partial charge in [0, 0.05) is 31.3 Å². The van der Waals surface area contributed by atoms with Crippen molar-refractivity contribution < 1.29 is 14.4 Å². The molecule has 3 N–H and O–H groups in total. The minimum atomic E-state index is -0.453. The second-order valence-corrected chi connectivity index (χ2v) is 4.54. The highest BCUT2D eigenvalue weighted by molar-refractivity contribution is 6.00. The smallest absolute Gasteiger partial charge is 0.227 e. The number of hydrogen-bond acceptors (Lipinski definition) is 3. The van der Waals surface area contributed by atoms with Crippen molar-refractivity contribution in [2.75, 3.05) is 16.8 Å². The molecule has 3 amide bonds. The highest BCUT2D eigenvalue weighted by Crippen LogP contribution is 2.26. The first-order chi connectivity index (χ1) is 8.97. The molecule has 0 unspecified atom stereocenters. The maximum absolute atomic E-state index is 11.8. The van der Waals surface area contributed by atoms with Crippen LogP contribution in [0.5, 0.6) is 0 Å². The SMILES string of the molecule is CC(=O)Nc1ccc(N2C[C@H](C(N)=O)CC2=O)cc1. The number of benzene rings is 1. The first kappa shape index (κ1) is 13.1. The Bertz CT molecular complexity index is 524. The fourth-order valence-corrected chi connectivity index (χ4v) is 2.08. The monoisotopic (exact) mass is 261 g/mol. The van der Waals surface area contributed by atoms with Crippen molar-refractivity contribution >= 4 is 29.1 Å². The molecule has 100 valence electrons. The van der Waals surface area contributed by atoms with Crippen LogP contribution >= 0.6 is 0 Å². The van der Waals surface area contributed by atoms with Crippen molar-refractivity contribution in [1.29, 1.82) is 0 Å². The molecule has 0 aromatic heterocycles. The maximum atomic E-state index is 11.8. The van der Waals surface area contributed by atoms with Gasteiger partial charge in [-0.25, -0.2) is 0 Å². The Balaban J connectivity index is 2.12. The summed E-state index contributed by atoms with van der Waals surface area (Å²) < 4.78 is 0. The van der Waals surface area contributed by atoms with Gasteiger partial charge in [0.05, 0.1) is 5.92 Å². The van der Waals surface area contributed by atoms with Crippen LogP contribution in [-0.4, -0.2) is 24.3 Å². The predicted molar refractivity (Wildman–Crippen MR) is 70.4 cm³/mol. The van der Waals surface area contributed by atoms with Gasteiger partial charge in [0.1, 0.15) is 0 Å². The molecule has 0 saturated carbocycles. The molecule has 0 aliphatic carbocycles. The predicted octanol–water partition coefficient (Wildman–Crippen LogP) is 0.483. The lowest BCUT2D eigenvalue weighted by atomic mass is 10.1. The Morgan fingerprint density at radius 3 is 2.42 bits per heavy atom. The molecule has 1 aromatic rings. The lowest BCUT2D eigenvalue weighted by Gasteiger charge is -2.16. The molecular formula is C13H15N3O3. The van der Waals surface area contributed by atoms with E-state index < -0.39 is 11.8 Å². The third kappa shape index (κ3) is 2.90. The highest BCUT2D eigenvalue weighted by atomic mass is 16.2. The number of nitrogens with one attached hydrogen (secondary N) is 1. The third-order valence-electron chi connectivity index (χ3n) is 3.03. The lowest BCUT2D eigenvalue weighted by molar-refractivity contribution is -0.123. The van der Waals surface area contributed by atoms with E-state index in [0.29, 0.717) is 17.9 Å². The largest absolute Gasteiger partial charge is 0.369 e. The molecule has 0 radical (unpaired) electrons. The average Bonchev–Trinajstić information content (AvgIpc) is 2.72. The first-order valence-corrected chi connectivity index (χ1v) is 5.94. The van der Waals surface area contributed by atoms with Gasteiger partial charge in [-0.1, -0.05) is 0 Å². The van der Waals surface area contributed by atoms with Gasteiger partial charge in [-0.05, 0) is 24.3 Å². The molecule has 6 heteroatoms. The number of hydrogen-bond donors (Lipinski definition) is 2. The number of carbonyl (C=O) groups excluding carboxylic acids is 3. The summed E-state index contributed by atoms with van der Waals surface area (Å²) in [6, 6.07) is 6.88. The van der Waals surface area contributed by atoms with Gasteiger partial charge in [-0.2, -0.15) is 0 Å². The number of nitrogens with zero attached hydrogens (tertiary/aromatic N) is 1. The summed E-state index contributed by atoms with van der Waals surface area (Å²) >= 11 is 0. The molecular weight excluding hydrogens is 246 g/mol. The quantitative estimate of drug-likeness (QED) is 0.829. The van der Waals surface area contributed by atoms with Crippen molar-refractivity contribution in [3.05, 3.63) is 24.3 Å². The summed E-state index contributed by atoms with van der Waals surface area (Å²) in [6.07, 6.45) is 0.156. The first-order valence-electron chi connectivity index (χ1n) is 5.94. The van der Waals surface area contributed by atoms with Crippen LogP contribution in [0.3, 0.4) is 0 Å². The summed E-state index contributed by atoms with van der Waals surface area (Å²) in [5, 5.41) is 2.64. The molecule has 19 heavy (non-hydrogen) atoms. The molecule has 2 rings (SSSR count). The van der Waals surface area contributed by atoms with Crippen LogP contribution in [0.1, 0.15) is 13.3 Å². The van der Waals surface area contributed by atoms with Crippen molar-refractivity contribution in [1.82, 2.24) is 0 Å². The Labute approximate surface area is 110 Å². The van der Waals surface area contributed by atoms with E-state index in [0.717, 1.165) is 0 Å². The molecule has 6 nitrogen and oxygen atoms in total. The zero-order valence-electron chi connectivity index (χ0n) is 10.6. The lowest BCUT2D eigenvalue weighted by Crippen LogP contribution is -2.28. The summed E-state index contributed by atoms with van der Waals surface area (Å²) in [7, 11) is 0. The van der Waals surface area contributed by atoms with Crippen LogP contribution in [0.2, 0.25) is 0 Å². The molecule has 1 fully saturated rings. The van der Waals surface area contributed by atoms with Crippen LogP contribution in [0, 0.1) is 5.92 Å². The van der Waals surface area contributed by atoms with Crippen LogP contribution in [0.25, 0.3) is 0 Å². The average molecular weight is 261 g/mol. The van der Waals surface area contributed by atoms with Crippen molar-refractivity contribution in [3.8, 4) is 0 Å². The van der Waals surface area contributed by atoms with E-state index in [1.54, 1.807) is 24.3 Å². The molecule has 1 aliphatic rings. The van der Waals surface area contributed by atoms with Crippen LogP contribution in [0.4, 0.5) is 11.4 Å². The van der Waals surface area contributed by atoms with Gasteiger partial charge in [0.25, 0.3) is 0 Å². The minimum Gasteiger partial charge on any atom is -0.369 e. The zero-order valence-corrected chi connectivity index (χ0v) is 10.6. The van der Waals surface area contributed by atoms with E-state index in [-0.39, 0.29) is 18.2 Å². The summed E-state index contributed by atoms with van der Waals surface area (Å²) in [5.74, 6) is -1.15. The molecule has 1 aliphatic heterocycles. The Kier molecular flexibility index (Phi) is 3.50. The van der Waals surface area contributed by atoms with Crippen molar-refractivity contribution in [2.24, 2.45) is 11.7 Å². The second kappa shape index (κ2) is 5.09. The normalized spacial score (nSPS) is 18.5. The van der Waals surface area contributed by atoms with Crippen LogP contribution < -0.4 is 16.0 Å². The van der Waals surface area contributed by atoms with Crippen molar-refractivity contribution in [3.63, 3.8) is 0 Å². The fraction of sp³-hybridized carbons (Fsp3) is 0.308. The van der Waals surface area contributed by atoms with E-state index in [1.807, 2.05) is 0 Å². The van der Waals surface area contributed by atoms with Gasteiger partial charge < -0.3 is 16.0 Å². The second-order valence-electron chi connectivity index (χ2n) is 4.54. The molecule has 1 saturated heterocycles. The van der Waals surface area contributed by atoms with Gasteiger partial charge in [0.2, 0.25) is 17.7 Å². The van der Waals surface area contributed by atoms with Gasteiger partial charge >= 0.3 is 0 Å². The van der Waals surface area contributed by atoms with Gasteiger partial charge in [-0.3, -0.25) is 14.4 Å². The molecule has 0 spiro atoms. The highest BCUT2D eigenvalue weighted by Gasteiger charge is 2.33. The zero-order chi connectivity index (χ0) is 14.0. The topological polar surface area (TPSA) is 92.5 Å². The van der Waals surface area contributed by atoms with Crippen molar-refractivity contribution in [2.45, 2.75) is 13.3 Å². The summed E-state index contributed by atoms with van der Waals surface area (Å²) in [5.41, 5.74) is 6.57. The Morgan fingerprint density at radius 2 is 1.95 bits per heavy atom. The minimum absolute atomic E-state index is 0.115.